The van der Waals surface area contributed by atoms with E-state index < -0.39 is 17.3 Å². The summed E-state index contributed by atoms with van der Waals surface area (Å²) >= 11 is 0. The number of halogens is 1. The average molecular weight is 1020 g/mol. The molecule has 392 valence electrons. The smallest absolute Gasteiger partial charge is 0.328 e. The van der Waals surface area contributed by atoms with E-state index in [-0.39, 0.29) is 59.7 Å². The maximum atomic E-state index is 15.3. The predicted octanol–water partition coefficient (Wildman–Crippen LogP) is 7.18. The third-order valence-corrected chi connectivity index (χ3v) is 17.5. The Morgan fingerprint density at radius 1 is 0.787 bits per heavy atom. The topological polar surface area (TPSA) is 185 Å². The van der Waals surface area contributed by atoms with Gasteiger partial charge in [-0.2, -0.15) is 0 Å². The summed E-state index contributed by atoms with van der Waals surface area (Å²) in [6, 6.07) is 13.7. The van der Waals surface area contributed by atoms with Crippen molar-refractivity contribution in [3.05, 3.63) is 78.8 Å². The van der Waals surface area contributed by atoms with Gasteiger partial charge in [0.15, 0.2) is 11.6 Å². The number of carbonyl (C=O) groups excluding carboxylic acids is 5. The van der Waals surface area contributed by atoms with Crippen LogP contribution in [-0.4, -0.2) is 140 Å². The van der Waals surface area contributed by atoms with Crippen molar-refractivity contribution in [2.75, 3.05) is 78.9 Å². The van der Waals surface area contributed by atoms with Crippen LogP contribution in [0.15, 0.2) is 67.4 Å². The highest BCUT2D eigenvalue weighted by molar-refractivity contribution is 6.10. The first kappa shape index (κ1) is 48.9. The van der Waals surface area contributed by atoms with Crippen molar-refractivity contribution < 1.29 is 28.4 Å². The van der Waals surface area contributed by atoms with Gasteiger partial charge in [0.05, 0.1) is 46.7 Å². The number of hydrogen-bond donors (Lipinski definition) is 2. The summed E-state index contributed by atoms with van der Waals surface area (Å²) in [6.45, 7) is 10.1. The second-order valence-corrected chi connectivity index (χ2v) is 22.1. The number of urea groups is 1. The van der Waals surface area contributed by atoms with Crippen LogP contribution >= 0.6 is 0 Å². The zero-order valence-corrected chi connectivity index (χ0v) is 42.9. The van der Waals surface area contributed by atoms with E-state index in [1.54, 1.807) is 24.8 Å². The van der Waals surface area contributed by atoms with Gasteiger partial charge in [-0.3, -0.25) is 34.4 Å². The van der Waals surface area contributed by atoms with E-state index in [4.69, 9.17) is 9.97 Å². The van der Waals surface area contributed by atoms with Crippen LogP contribution in [0.1, 0.15) is 103 Å². The molecule has 1 saturated carbocycles. The van der Waals surface area contributed by atoms with Gasteiger partial charge in [0.25, 0.3) is 0 Å². The Kier molecular flexibility index (Phi) is 13.0. The number of likely N-dealkylation sites (tertiary alicyclic amines) is 3. The van der Waals surface area contributed by atoms with Gasteiger partial charge in [0.1, 0.15) is 11.3 Å². The lowest BCUT2D eigenvalue weighted by atomic mass is 9.73. The SMILES string of the molecule is CC(C)n1cnc2cc(-c3ccc4c(c3)N(C3CC(N5CCCCC5)C3)C(=O)C43CCN(C(=O)C4CCN(C(=O)C5CCN(c6ccc(N7CCC(=O)NC7=O)cn6)CC5)CC4)CC3)nc(Nc3ccncc3F)c21. The maximum absolute atomic E-state index is 15.3. The Labute approximate surface area is 436 Å². The first-order chi connectivity index (χ1) is 36.4. The van der Waals surface area contributed by atoms with Crippen molar-refractivity contribution in [2.45, 2.75) is 114 Å². The van der Waals surface area contributed by atoms with Crippen LogP contribution < -0.4 is 25.3 Å². The number of pyridine rings is 3. The molecule has 0 atom stereocenters. The summed E-state index contributed by atoms with van der Waals surface area (Å²) in [4.78, 5) is 98.1. The van der Waals surface area contributed by atoms with E-state index in [2.05, 4.69) is 67.3 Å². The van der Waals surface area contributed by atoms with Gasteiger partial charge in [-0.05, 0) is 127 Å². The van der Waals surface area contributed by atoms with Crippen LogP contribution in [0.3, 0.4) is 0 Å². The van der Waals surface area contributed by atoms with Crippen molar-refractivity contribution in [3.63, 3.8) is 0 Å². The molecule has 4 aromatic heterocycles. The number of anilines is 5. The second kappa shape index (κ2) is 19.9. The lowest BCUT2D eigenvalue weighted by molar-refractivity contribution is -0.144. The van der Waals surface area contributed by atoms with Crippen LogP contribution in [0.4, 0.5) is 37.9 Å². The average Bonchev–Trinajstić information content (AvgIpc) is 3.96. The highest BCUT2D eigenvalue weighted by atomic mass is 19.1. The van der Waals surface area contributed by atoms with E-state index in [9.17, 15) is 19.2 Å². The number of rotatable bonds is 10. The molecule has 0 bridgehead atoms. The number of imidazole rings is 1. The number of nitrogens with zero attached hydrogens (tertiary/aromatic N) is 11. The fourth-order valence-electron chi connectivity index (χ4n) is 13.1. The van der Waals surface area contributed by atoms with Crippen LogP contribution in [0.5, 0.6) is 0 Å². The molecule has 6 amide bonds. The Bertz CT molecular complexity index is 3020. The highest BCUT2D eigenvalue weighted by Crippen LogP contribution is 2.52. The molecule has 5 saturated heterocycles. The second-order valence-electron chi connectivity index (χ2n) is 22.1. The lowest BCUT2D eigenvalue weighted by Gasteiger charge is -2.48. The van der Waals surface area contributed by atoms with Crippen molar-refractivity contribution in [1.82, 2.24) is 44.5 Å². The summed E-state index contributed by atoms with van der Waals surface area (Å²) in [5, 5.41) is 5.59. The minimum atomic E-state index is -0.751. The van der Waals surface area contributed by atoms with Gasteiger partial charge in [0, 0.05) is 99.6 Å². The fourth-order valence-corrected chi connectivity index (χ4v) is 13.1. The number of piperidine rings is 4. The molecule has 1 aliphatic carbocycles. The number of imide groups is 1. The van der Waals surface area contributed by atoms with Crippen LogP contribution in [0.25, 0.3) is 22.3 Å². The number of carbonyl (C=O) groups is 5. The zero-order chi connectivity index (χ0) is 51.5. The monoisotopic (exact) mass is 1020 g/mol. The third-order valence-electron chi connectivity index (χ3n) is 17.5. The summed E-state index contributed by atoms with van der Waals surface area (Å²) in [5.41, 5.74) is 5.05. The van der Waals surface area contributed by atoms with Gasteiger partial charge in [-0.15, -0.1) is 0 Å². The number of hydrogen-bond acceptors (Lipinski definition) is 12. The normalized spacial score (nSPS) is 22.8. The number of aromatic nitrogens is 5. The summed E-state index contributed by atoms with van der Waals surface area (Å²) in [7, 11) is 0. The molecule has 10 heterocycles. The summed E-state index contributed by atoms with van der Waals surface area (Å²) in [6.07, 6.45) is 15.7. The molecule has 6 aliphatic heterocycles. The van der Waals surface area contributed by atoms with E-state index >= 15 is 9.18 Å². The zero-order valence-electron chi connectivity index (χ0n) is 42.9. The number of nitrogens with one attached hydrogen (secondary N) is 2. The molecular weight excluding hydrogens is 954 g/mol. The highest BCUT2D eigenvalue weighted by Gasteiger charge is 2.56. The van der Waals surface area contributed by atoms with Gasteiger partial charge in [-0.1, -0.05) is 18.6 Å². The van der Waals surface area contributed by atoms with Gasteiger partial charge >= 0.3 is 6.03 Å². The van der Waals surface area contributed by atoms with Crippen molar-refractivity contribution in [3.8, 4) is 11.3 Å². The van der Waals surface area contributed by atoms with Crippen LogP contribution in [0, 0.1) is 17.7 Å². The molecule has 0 radical (unpaired) electrons. The van der Waals surface area contributed by atoms with E-state index in [0.29, 0.717) is 108 Å². The van der Waals surface area contributed by atoms with E-state index in [1.807, 2.05) is 32.6 Å². The van der Waals surface area contributed by atoms with Crippen molar-refractivity contribution in [1.29, 1.82) is 0 Å². The minimum absolute atomic E-state index is 0.0726. The molecule has 6 fully saturated rings. The summed E-state index contributed by atoms with van der Waals surface area (Å²) in [5.74, 6) is 0.646. The maximum Gasteiger partial charge on any atom is 0.328 e. The minimum Gasteiger partial charge on any atom is -0.357 e. The summed E-state index contributed by atoms with van der Waals surface area (Å²) < 4.78 is 17.1. The largest absolute Gasteiger partial charge is 0.357 e. The molecule has 12 rings (SSSR count). The number of amides is 6. The van der Waals surface area contributed by atoms with Gasteiger partial charge in [0.2, 0.25) is 23.6 Å². The molecule has 19 heteroatoms. The molecule has 5 aromatic rings. The quantitative estimate of drug-likeness (QED) is 0.144. The molecule has 7 aliphatic rings. The molecule has 75 heavy (non-hydrogen) atoms. The van der Waals surface area contributed by atoms with E-state index in [1.165, 1.54) is 30.4 Å². The molecule has 18 nitrogen and oxygen atoms in total. The Morgan fingerprint density at radius 2 is 1.51 bits per heavy atom. The number of benzene rings is 1. The molecular formula is C56H66FN13O5. The molecule has 0 unspecified atom stereocenters. The lowest BCUT2D eigenvalue weighted by Crippen LogP contribution is -2.58. The van der Waals surface area contributed by atoms with Gasteiger partial charge in [-0.25, -0.2) is 24.1 Å². The third kappa shape index (κ3) is 9.03. The Morgan fingerprint density at radius 3 is 2.19 bits per heavy atom. The predicted molar refractivity (Wildman–Crippen MR) is 282 cm³/mol. The first-order valence-corrected chi connectivity index (χ1v) is 27.3. The molecule has 1 spiro atoms. The van der Waals surface area contributed by atoms with Crippen molar-refractivity contribution >= 4 is 69.4 Å². The molecule has 1 aromatic carbocycles. The molecule has 2 N–H and O–H groups in total. The van der Waals surface area contributed by atoms with E-state index in [0.717, 1.165) is 59.6 Å². The number of fused-ring (bicyclic) bond motifs is 3. The van der Waals surface area contributed by atoms with Crippen LogP contribution in [0.2, 0.25) is 0 Å². The van der Waals surface area contributed by atoms with Crippen molar-refractivity contribution in [2.24, 2.45) is 11.8 Å². The standard InChI is InChI=1S/C56H66FN13O5/c1-35(2)69-34-60-46-31-45(62-51(50(46)69)61-44-10-18-58-33-43(44)57)38-6-8-42-47(28-38)70(41-29-40(30-41)64-19-4-3-5-20-64)54(74)56(42)16-26-67(27-17-56)53(73)37-13-23-66(24-14-37)52(72)36-11-21-65(22-12-36)48-9-7-39(32-59-48)68-25-15-49(71)63-55(68)75/h6-10,18,28,31-37,40-41H,3-5,11-17,19-27,29-30H2,1-2H3,(H,58,61,62)(H,63,71,75). The Balaban J connectivity index is 0.712. The Hall–Kier alpha value is -7.02. The van der Waals surface area contributed by atoms with Crippen LogP contribution in [-0.2, 0) is 24.6 Å². The fraction of sp³-hybridized carbons (Fsp3) is 0.518. The first-order valence-electron chi connectivity index (χ1n) is 27.3. The van der Waals surface area contributed by atoms with Gasteiger partial charge < -0.3 is 34.4 Å².